The third-order valence-electron chi connectivity index (χ3n) is 21.4. The molecule has 2 unspecified atom stereocenters. The zero-order chi connectivity index (χ0) is 77.4. The molecule has 0 saturated heterocycles. The number of carboxylic acid groups (broad SMARTS) is 1. The molecule has 4 saturated carbocycles. The Morgan fingerprint density at radius 3 is 2.24 bits per heavy atom. The lowest BCUT2D eigenvalue weighted by Crippen LogP contribution is -2.64. The molecular formula is C77H97N13O16S. The summed E-state index contributed by atoms with van der Waals surface area (Å²) in [5.41, 5.74) is 11.9. The first-order valence-corrected chi connectivity index (χ1v) is 37.4. The van der Waals surface area contributed by atoms with Gasteiger partial charge in [0.2, 0.25) is 11.8 Å². The fourth-order valence-electron chi connectivity index (χ4n) is 17.4. The number of carbonyl (C=O) groups is 9. The molecule has 0 radical (unpaired) electrons. The molecule has 0 spiro atoms. The molecule has 107 heavy (non-hydrogen) atoms. The first-order valence-electron chi connectivity index (χ1n) is 37.0. The number of imide groups is 2. The molecule has 30 heteroatoms. The van der Waals surface area contributed by atoms with E-state index in [4.69, 9.17) is 26.7 Å². The van der Waals surface area contributed by atoms with Gasteiger partial charge in [-0.2, -0.15) is 5.10 Å². The van der Waals surface area contributed by atoms with Gasteiger partial charge in [-0.15, -0.1) is 0 Å². The molecule has 3 aromatic heterocycles. The van der Waals surface area contributed by atoms with E-state index < -0.39 is 96.2 Å². The number of ether oxygens (including phenoxy) is 2. The lowest BCUT2D eigenvalue weighted by Gasteiger charge is -2.69. The number of pyridine rings is 1. The van der Waals surface area contributed by atoms with E-state index >= 15 is 0 Å². The minimum absolute atomic E-state index is 0.00671. The number of nitrogens with zero attached hydrogens (tertiary/aromatic N) is 8. The Balaban J connectivity index is 0.727. The van der Waals surface area contributed by atoms with E-state index in [1.54, 1.807) is 50.0 Å². The smallest absolute Gasteiger partial charge is 0.410 e. The number of carboxylic acids is 1. The zero-order valence-electron chi connectivity index (χ0n) is 62.0. The Labute approximate surface area is 625 Å². The van der Waals surface area contributed by atoms with Crippen molar-refractivity contribution in [3.8, 4) is 11.1 Å². The molecule has 6 aromatic rings. The Morgan fingerprint density at radius 2 is 1.55 bits per heavy atom. The number of benzene rings is 3. The SMILES string of the molecule is [2H]NC(=O)N(C(=O)[C@H](NC(=O)CCCCCN1C(=O)C=CC1=O)C(C)C)[C@@H](CCCN)C(=O)Nc1ccc(COC(=O)N(CCOC23CC4(C)CC(C)(CC(Cn5ncc(-c6ccc(N7CCc8cccc(C(=O)Nc9nc%10ccccc%10s9)c8C7)nc6C(=O)O)c5C)(C4)C2)C3)CC[C@@H](O)[C@H](O)[C@H](O)CO)cc1. The summed E-state index contributed by atoms with van der Waals surface area (Å²) >= 11 is 1.40. The second-order valence-electron chi connectivity index (χ2n) is 30.5. The first-order chi connectivity index (χ1) is 51.5. The molecule has 5 heterocycles. The average molecular weight is 1490 g/mol. The molecule has 2 aliphatic heterocycles. The molecule has 4 fully saturated rings. The lowest BCUT2D eigenvalue weighted by atomic mass is 9.39. The van der Waals surface area contributed by atoms with Crippen LogP contribution in [0, 0.1) is 29.1 Å². The van der Waals surface area contributed by atoms with Crippen molar-refractivity contribution in [1.82, 2.24) is 39.8 Å². The number of fused-ring (bicyclic) bond motifs is 2. The highest BCUT2D eigenvalue weighted by molar-refractivity contribution is 7.22. The highest BCUT2D eigenvalue weighted by Gasteiger charge is 2.66. The van der Waals surface area contributed by atoms with Crippen LogP contribution in [-0.4, -0.2) is 195 Å². The predicted octanol–water partition coefficient (Wildman–Crippen LogP) is 7.20. The Hall–Kier alpha value is -9.56. The van der Waals surface area contributed by atoms with Gasteiger partial charge in [0.15, 0.2) is 12.2 Å². The molecule has 572 valence electrons. The molecule has 9 amide bonds. The summed E-state index contributed by atoms with van der Waals surface area (Å²) in [6, 6.07) is 19.1. The maximum atomic E-state index is 14.3. The van der Waals surface area contributed by atoms with E-state index in [1.807, 2.05) is 59.0 Å². The van der Waals surface area contributed by atoms with E-state index in [0.29, 0.717) is 89.8 Å². The number of aliphatic hydroxyl groups excluding tert-OH is 4. The minimum atomic E-state index is -1.72. The van der Waals surface area contributed by atoms with E-state index in [9.17, 15) is 68.7 Å². The van der Waals surface area contributed by atoms with E-state index in [1.165, 1.54) is 40.5 Å². The molecule has 4 bridgehead atoms. The number of unbranched alkanes of at least 4 members (excludes halogenated alkanes) is 2. The Bertz CT molecular complexity index is 4310. The maximum absolute atomic E-state index is 14.3. The number of nitrogens with two attached hydrogens (primary N) is 2. The van der Waals surface area contributed by atoms with Gasteiger partial charge in [0, 0.05) is 85.9 Å². The number of nitrogens with one attached hydrogen (secondary N) is 3. The largest absolute Gasteiger partial charge is 0.476 e. The zero-order valence-corrected chi connectivity index (χ0v) is 61.8. The number of carbonyl (C=O) groups excluding carboxylic acids is 8. The Morgan fingerprint density at radius 1 is 0.813 bits per heavy atom. The number of aliphatic hydroxyl groups is 4. The van der Waals surface area contributed by atoms with Crippen molar-refractivity contribution in [2.24, 2.45) is 33.6 Å². The molecular weight excluding hydrogens is 1390 g/mol. The van der Waals surface area contributed by atoms with Crippen LogP contribution >= 0.6 is 11.3 Å². The van der Waals surface area contributed by atoms with Gasteiger partial charge in [-0.1, -0.05) is 81.9 Å². The number of aromatic carboxylic acids is 1. The summed E-state index contributed by atoms with van der Waals surface area (Å²) in [4.78, 5) is 135. The fraction of sp³-hybridized carbons (Fsp3) is 0.506. The summed E-state index contributed by atoms with van der Waals surface area (Å²) in [5, 5.41) is 65.9. The first kappa shape index (κ1) is 77.1. The van der Waals surface area contributed by atoms with Gasteiger partial charge < -0.3 is 66.9 Å². The van der Waals surface area contributed by atoms with Crippen LogP contribution in [0.1, 0.15) is 154 Å². The number of para-hydroxylation sites is 1. The van der Waals surface area contributed by atoms with Gasteiger partial charge in [0.1, 0.15) is 36.7 Å². The number of hydrogen-bond acceptors (Lipinski definition) is 21. The molecule has 29 nitrogen and oxygen atoms in total. The number of rotatable bonds is 34. The summed E-state index contributed by atoms with van der Waals surface area (Å²) < 4.78 is 23.6. The van der Waals surface area contributed by atoms with Crippen molar-refractivity contribution in [3.63, 3.8) is 0 Å². The summed E-state index contributed by atoms with van der Waals surface area (Å²) in [5.74, 6) is -4.67. The topological polar surface area (TPSA) is 418 Å². The number of anilines is 3. The monoisotopic (exact) mass is 1490 g/mol. The predicted molar refractivity (Wildman–Crippen MR) is 397 cm³/mol. The van der Waals surface area contributed by atoms with Crippen molar-refractivity contribution in [1.29, 1.82) is 0 Å². The molecule has 4 aliphatic carbocycles. The van der Waals surface area contributed by atoms with Gasteiger partial charge in [-0.25, -0.2) is 24.4 Å². The average Bonchev–Trinajstić information content (AvgIpc) is 0.829. The third kappa shape index (κ3) is 18.2. The lowest BCUT2D eigenvalue weighted by molar-refractivity contribution is -0.248. The van der Waals surface area contributed by atoms with Crippen molar-refractivity contribution in [2.45, 2.75) is 180 Å². The molecule has 7 atom stereocenters. The molecule has 3 aromatic carbocycles. The fourth-order valence-corrected chi connectivity index (χ4v) is 18.3. The van der Waals surface area contributed by atoms with Gasteiger partial charge in [0.05, 0.1) is 41.3 Å². The number of amides is 9. The number of urea groups is 1. The summed E-state index contributed by atoms with van der Waals surface area (Å²) in [6.07, 6.45) is 5.08. The second kappa shape index (κ2) is 33.3. The van der Waals surface area contributed by atoms with Crippen molar-refractivity contribution in [3.05, 3.63) is 131 Å². The van der Waals surface area contributed by atoms with Crippen molar-refractivity contribution in [2.75, 3.05) is 61.5 Å². The highest BCUT2D eigenvalue weighted by atomic mass is 32.1. The van der Waals surface area contributed by atoms with Gasteiger partial charge in [-0.3, -0.25) is 48.6 Å². The third-order valence-corrected chi connectivity index (χ3v) is 22.4. The van der Waals surface area contributed by atoms with Crippen molar-refractivity contribution < 1.29 is 79.6 Å². The van der Waals surface area contributed by atoms with Crippen LogP contribution in [-0.2, 0) is 59.6 Å². The standard InChI is InChI=1S/C77H97N13O16S/c1-46(2)64(84-61(94)18-7-6-10-30-88-62(95)25-26-63(88)96)69(100)90(71(79)103)56(16-12-29-78)68(99)81-50-21-19-48(20-22-50)38-105-73(104)86(32-28-57(92)66(97)58(93)37-91)33-34-106-77-42-74(4)39-75(5,43-77)41-76(40-74,44-77)45-89-47(3)53(35-80-89)51-23-24-60(83-65(51)70(101)102)87-31-27-49-13-11-14-52(54(49)36-87)67(98)85-72-82-55-15-8-9-17-59(55)107-72/h8-9,11,13-15,17,19-26,35,46,56-58,64,66,91-93,97H,6-7,10,12,16,18,27-34,36-45,78H2,1-5H3,(H2,79,103)(H,81,99)(H,84,94)(H,101,102)(H,82,85,98)/t56-,57+,58+,64+,66-,74?,75?,76?,77?/m0/s1/i/hD. The van der Waals surface area contributed by atoms with Crippen LogP contribution in [0.5, 0.6) is 0 Å². The van der Waals surface area contributed by atoms with Crippen LogP contribution in [0.15, 0.2) is 97.2 Å². The second-order valence-corrected chi connectivity index (χ2v) is 31.5. The van der Waals surface area contributed by atoms with E-state index in [0.717, 1.165) is 64.0 Å². The normalized spacial score (nSPS) is 21.5. The summed E-state index contributed by atoms with van der Waals surface area (Å²) in [7, 11) is 0. The maximum Gasteiger partial charge on any atom is 0.410 e. The molecule has 12 N–H and O–H groups in total. The van der Waals surface area contributed by atoms with Gasteiger partial charge in [-0.05, 0) is 172 Å². The van der Waals surface area contributed by atoms with E-state index in [2.05, 4.69) is 34.8 Å². The number of hydrogen-bond donors (Lipinski definition) is 10. The van der Waals surface area contributed by atoms with Crippen LogP contribution in [0.25, 0.3) is 21.3 Å². The minimum Gasteiger partial charge on any atom is -0.476 e. The number of aromatic nitrogens is 4. The van der Waals surface area contributed by atoms with Crippen molar-refractivity contribution >= 4 is 91.7 Å². The Kier molecular flexibility index (Phi) is 24.0. The van der Waals surface area contributed by atoms with Crippen LogP contribution in [0.3, 0.4) is 0 Å². The van der Waals surface area contributed by atoms with Gasteiger partial charge in [0.25, 0.3) is 23.6 Å². The van der Waals surface area contributed by atoms with E-state index in [-0.39, 0.29) is 98.6 Å². The number of thiazole rings is 1. The van der Waals surface area contributed by atoms with Crippen LogP contribution in [0.2, 0.25) is 1.41 Å². The summed E-state index contributed by atoms with van der Waals surface area (Å²) in [6.45, 7) is 10.3. The van der Waals surface area contributed by atoms with Crippen LogP contribution < -0.4 is 32.3 Å². The highest BCUT2D eigenvalue weighted by Crippen LogP contribution is 2.72. The quantitative estimate of drug-likeness (QED) is 0.0141. The van der Waals surface area contributed by atoms with Gasteiger partial charge >= 0.3 is 18.1 Å². The molecule has 12 rings (SSSR count). The van der Waals surface area contributed by atoms with Crippen LogP contribution in [0.4, 0.5) is 26.2 Å². The number of primary amides is 1. The molecule has 6 aliphatic rings.